The second kappa shape index (κ2) is 4.72. The van der Waals surface area contributed by atoms with Crippen LogP contribution in [-0.2, 0) is 10.1 Å². The molecule has 0 amide bonds. The number of anilines is 1. The van der Waals surface area contributed by atoms with Crippen molar-refractivity contribution in [2.45, 2.75) is 4.90 Å². The van der Waals surface area contributed by atoms with Crippen LogP contribution >= 0.6 is 15.9 Å². The molecule has 0 unspecified atom stereocenters. The van der Waals surface area contributed by atoms with Gasteiger partial charge in [0.25, 0.3) is 10.1 Å². The molecule has 3 N–H and O–H groups in total. The number of hydrogen-bond donors (Lipinski definition) is 2. The Labute approximate surface area is 106 Å². The van der Waals surface area contributed by atoms with Crippen molar-refractivity contribution in [2.24, 2.45) is 0 Å². The minimum atomic E-state index is -4.19. The van der Waals surface area contributed by atoms with E-state index >= 15 is 0 Å². The van der Waals surface area contributed by atoms with Crippen LogP contribution in [0.2, 0.25) is 0 Å². The summed E-state index contributed by atoms with van der Waals surface area (Å²) in [6, 6.07) is 1.18. The molecule has 1 heterocycles. The van der Waals surface area contributed by atoms with E-state index in [1.54, 1.807) is 0 Å². The van der Waals surface area contributed by atoms with Gasteiger partial charge in [0.15, 0.2) is 0 Å². The van der Waals surface area contributed by atoms with E-state index in [9.17, 15) is 8.42 Å². The van der Waals surface area contributed by atoms with Gasteiger partial charge in [-0.15, -0.1) is 0 Å². The number of nitrogens with zero attached hydrogens (tertiary/aromatic N) is 1. The number of aromatic nitrogens is 1. The van der Waals surface area contributed by atoms with Crippen LogP contribution in [-0.4, -0.2) is 47.5 Å². The first-order valence-electron chi connectivity index (χ1n) is 2.80. The monoisotopic (exact) mass is 276 g/mol. The summed E-state index contributed by atoms with van der Waals surface area (Å²) in [5.41, 5.74) is 5.30. The Hall–Kier alpha value is 0.340. The molecular formula is C5H6BrN2NaO3S. The summed E-state index contributed by atoms with van der Waals surface area (Å²) in [6.07, 6.45) is 0.982. The fourth-order valence-electron chi connectivity index (χ4n) is 0.572. The third-order valence-electron chi connectivity index (χ3n) is 1.14. The zero-order chi connectivity index (χ0) is 9.35. The van der Waals surface area contributed by atoms with Gasteiger partial charge < -0.3 is 5.73 Å². The summed E-state index contributed by atoms with van der Waals surface area (Å²) in [6.45, 7) is 0. The summed E-state index contributed by atoms with van der Waals surface area (Å²) in [7, 11) is -4.19. The third-order valence-corrected chi connectivity index (χ3v) is 2.60. The van der Waals surface area contributed by atoms with Crippen LogP contribution in [0, 0.1) is 0 Å². The van der Waals surface area contributed by atoms with Crippen molar-refractivity contribution in [3.05, 3.63) is 16.7 Å². The van der Waals surface area contributed by atoms with E-state index in [0.717, 1.165) is 6.20 Å². The van der Waals surface area contributed by atoms with Crippen LogP contribution in [0.25, 0.3) is 0 Å². The topological polar surface area (TPSA) is 93.3 Å². The maximum atomic E-state index is 10.6. The molecule has 0 radical (unpaired) electrons. The van der Waals surface area contributed by atoms with Gasteiger partial charge in [-0.2, -0.15) is 8.42 Å². The van der Waals surface area contributed by atoms with Gasteiger partial charge >= 0.3 is 29.6 Å². The predicted molar refractivity (Wildman–Crippen MR) is 53.3 cm³/mol. The quantitative estimate of drug-likeness (QED) is 0.557. The molecule has 0 fully saturated rings. The van der Waals surface area contributed by atoms with E-state index in [-0.39, 0.29) is 40.3 Å². The van der Waals surface area contributed by atoms with E-state index in [4.69, 9.17) is 10.3 Å². The first kappa shape index (κ1) is 13.3. The summed E-state index contributed by atoms with van der Waals surface area (Å²) in [4.78, 5) is 3.25. The van der Waals surface area contributed by atoms with Crippen molar-refractivity contribution in [3.63, 3.8) is 0 Å². The maximum absolute atomic E-state index is 10.6. The third kappa shape index (κ3) is 3.53. The van der Waals surface area contributed by atoms with Gasteiger partial charge in [0, 0.05) is 0 Å². The number of pyridine rings is 1. The minimum absolute atomic E-state index is 0. The molecule has 0 aliphatic carbocycles. The van der Waals surface area contributed by atoms with Gasteiger partial charge in [-0.1, -0.05) is 0 Å². The molecule has 1 aromatic rings. The molecule has 0 aliphatic heterocycles. The fraction of sp³-hybridized carbons (Fsp3) is 0. The molecule has 0 saturated heterocycles. The molecule has 0 spiro atoms. The molecule has 0 aliphatic rings. The molecular weight excluding hydrogens is 271 g/mol. The second-order valence-electron chi connectivity index (χ2n) is 2.01. The Morgan fingerprint density at radius 1 is 1.54 bits per heavy atom. The summed E-state index contributed by atoms with van der Waals surface area (Å²) in [5.74, 6) is 0.169. The Morgan fingerprint density at radius 2 is 2.08 bits per heavy atom. The Morgan fingerprint density at radius 3 is 2.46 bits per heavy atom. The van der Waals surface area contributed by atoms with Crippen LogP contribution < -0.4 is 5.73 Å². The molecule has 0 saturated carbocycles. The van der Waals surface area contributed by atoms with E-state index in [2.05, 4.69) is 20.9 Å². The number of nitrogens with two attached hydrogens (primary N) is 1. The molecule has 8 heteroatoms. The molecule has 68 valence electrons. The summed E-state index contributed by atoms with van der Waals surface area (Å²) in [5, 5.41) is 0. The Bertz CT molecular complexity index is 408. The van der Waals surface area contributed by atoms with Crippen molar-refractivity contribution in [1.29, 1.82) is 0 Å². The first-order chi connectivity index (χ1) is 5.41. The second-order valence-corrected chi connectivity index (χ2v) is 4.29. The van der Waals surface area contributed by atoms with Crippen LogP contribution in [0.3, 0.4) is 0 Å². The van der Waals surface area contributed by atoms with Gasteiger partial charge in [0.1, 0.15) is 10.7 Å². The molecule has 13 heavy (non-hydrogen) atoms. The number of rotatable bonds is 1. The average molecular weight is 277 g/mol. The van der Waals surface area contributed by atoms with Gasteiger partial charge in [-0.25, -0.2) is 4.98 Å². The van der Waals surface area contributed by atoms with Crippen LogP contribution in [0.1, 0.15) is 0 Å². The van der Waals surface area contributed by atoms with E-state index in [1.807, 2.05) is 0 Å². The standard InChI is InChI=1S/C5H5BrN2O3S.Na.H/c6-4-1-3(12(9,10)11)2-8-5(4)7;;/h1-2H,(H2,7,8)(H,9,10,11);;. The van der Waals surface area contributed by atoms with Crippen molar-refractivity contribution < 1.29 is 13.0 Å². The molecule has 1 rings (SSSR count). The average Bonchev–Trinajstić information content (AvgIpc) is 1.92. The van der Waals surface area contributed by atoms with E-state index in [1.165, 1.54) is 6.07 Å². The Balaban J connectivity index is 0.00000144. The first-order valence-corrected chi connectivity index (χ1v) is 5.03. The molecule has 0 bridgehead atoms. The molecule has 0 aromatic carbocycles. The van der Waals surface area contributed by atoms with Crippen molar-refractivity contribution >= 4 is 61.4 Å². The summed E-state index contributed by atoms with van der Waals surface area (Å²) < 4.78 is 30.0. The van der Waals surface area contributed by atoms with Crippen LogP contribution in [0.15, 0.2) is 21.6 Å². The Kier molecular flexibility index (Phi) is 4.84. The zero-order valence-electron chi connectivity index (χ0n) is 5.73. The van der Waals surface area contributed by atoms with E-state index in [0.29, 0.717) is 4.47 Å². The van der Waals surface area contributed by atoms with Gasteiger partial charge in [-0.3, -0.25) is 4.55 Å². The number of hydrogen-bond acceptors (Lipinski definition) is 4. The fourth-order valence-corrected chi connectivity index (χ4v) is 1.53. The molecule has 0 atom stereocenters. The van der Waals surface area contributed by atoms with E-state index < -0.39 is 10.1 Å². The number of halogens is 1. The van der Waals surface area contributed by atoms with Crippen molar-refractivity contribution in [2.75, 3.05) is 5.73 Å². The normalized spacial score (nSPS) is 10.6. The van der Waals surface area contributed by atoms with Gasteiger partial charge in [-0.05, 0) is 22.0 Å². The van der Waals surface area contributed by atoms with Crippen LogP contribution in [0.4, 0.5) is 5.82 Å². The van der Waals surface area contributed by atoms with Gasteiger partial charge in [0.05, 0.1) is 10.7 Å². The molecule has 5 nitrogen and oxygen atoms in total. The summed E-state index contributed by atoms with van der Waals surface area (Å²) >= 11 is 2.98. The van der Waals surface area contributed by atoms with Crippen molar-refractivity contribution in [1.82, 2.24) is 4.98 Å². The molecule has 1 aromatic heterocycles. The SMILES string of the molecule is Nc1ncc(S(=O)(=O)O)cc1Br.[NaH]. The number of nitrogen functional groups attached to an aromatic ring is 1. The van der Waals surface area contributed by atoms with Crippen molar-refractivity contribution in [3.8, 4) is 0 Å². The van der Waals surface area contributed by atoms with Gasteiger partial charge in [0.2, 0.25) is 0 Å². The predicted octanol–water partition coefficient (Wildman–Crippen LogP) is 0.0245. The zero-order valence-corrected chi connectivity index (χ0v) is 8.13. The van der Waals surface area contributed by atoms with Crippen LogP contribution in [0.5, 0.6) is 0 Å².